The van der Waals surface area contributed by atoms with Crippen molar-refractivity contribution in [3.8, 4) is 23.0 Å². The summed E-state index contributed by atoms with van der Waals surface area (Å²) in [6.07, 6.45) is 0. The van der Waals surface area contributed by atoms with E-state index in [1.54, 1.807) is 0 Å². The van der Waals surface area contributed by atoms with E-state index in [1.165, 1.54) is 0 Å². The molecule has 0 spiro atoms. The fraction of sp³-hybridized carbons (Fsp3) is 0.0417. The molecule has 5 aromatic rings. The van der Waals surface area contributed by atoms with Crippen LogP contribution >= 0.6 is 12.2 Å². The Morgan fingerprint density at radius 1 is 0.839 bits per heavy atom. The minimum atomic E-state index is 0. The first-order valence-corrected chi connectivity index (χ1v) is 9.94. The van der Waals surface area contributed by atoms with Crippen molar-refractivity contribution in [3.05, 3.63) is 101 Å². The summed E-state index contributed by atoms with van der Waals surface area (Å²) in [6.45, 7) is 0.519. The van der Waals surface area contributed by atoms with Gasteiger partial charge in [0.15, 0.2) is 0 Å². The van der Waals surface area contributed by atoms with Gasteiger partial charge in [0.1, 0.15) is 12.4 Å². The number of nitrogens with zero attached hydrogens (tertiary/aromatic N) is 4. The zero-order valence-electron chi connectivity index (χ0n) is 17.0. The van der Waals surface area contributed by atoms with Crippen LogP contribution < -0.4 is 39.4 Å². The van der Waals surface area contributed by atoms with E-state index < -0.39 is 0 Å². The molecule has 3 aromatic carbocycles. The van der Waals surface area contributed by atoms with E-state index >= 15 is 0 Å². The summed E-state index contributed by atoms with van der Waals surface area (Å²) >= 11 is 5.43. The molecule has 0 N–H and O–H groups in total. The van der Waals surface area contributed by atoms with Crippen LogP contribution in [0.2, 0.25) is 0 Å². The third-order valence-corrected chi connectivity index (χ3v) is 5.07. The van der Waals surface area contributed by atoms with Crippen molar-refractivity contribution in [2.75, 3.05) is 0 Å². The van der Waals surface area contributed by atoms with Gasteiger partial charge in [-0.3, -0.25) is 5.10 Å². The predicted octanol–water partition coefficient (Wildman–Crippen LogP) is 2.36. The van der Waals surface area contributed by atoms with Gasteiger partial charge in [0.25, 0.3) is 0 Å². The van der Waals surface area contributed by atoms with Crippen molar-refractivity contribution in [2.45, 2.75) is 6.61 Å². The molecule has 0 amide bonds. The van der Waals surface area contributed by atoms with E-state index in [1.807, 2.05) is 95.6 Å². The van der Waals surface area contributed by atoms with Crippen LogP contribution in [0, 0.1) is 4.77 Å². The van der Waals surface area contributed by atoms with Gasteiger partial charge in [-0.1, -0.05) is 78.9 Å². The maximum Gasteiger partial charge on any atom is 1.00 e. The number of ether oxygens (including phenoxy) is 1. The van der Waals surface area contributed by atoms with Crippen molar-refractivity contribution in [2.24, 2.45) is 0 Å². The normalized spacial score (nSPS) is 10.6. The van der Waals surface area contributed by atoms with Crippen LogP contribution in [0.3, 0.4) is 0 Å². The van der Waals surface area contributed by atoms with E-state index in [2.05, 4.69) is 10.2 Å². The summed E-state index contributed by atoms with van der Waals surface area (Å²) in [5, 5.41) is 9.46. The van der Waals surface area contributed by atoms with Crippen molar-refractivity contribution in [3.63, 3.8) is 0 Å². The number of para-hydroxylation sites is 1. The van der Waals surface area contributed by atoms with Crippen LogP contribution in [0.25, 0.3) is 28.1 Å². The van der Waals surface area contributed by atoms with E-state index in [-0.39, 0.29) is 29.6 Å². The van der Waals surface area contributed by atoms with Gasteiger partial charge in [0.05, 0.1) is 17.0 Å². The Balaban J connectivity index is 0.00000231. The molecule has 5 nitrogen and oxygen atoms in total. The summed E-state index contributed by atoms with van der Waals surface area (Å²) in [6, 6.07) is 29.8. The van der Waals surface area contributed by atoms with Gasteiger partial charge in [-0.2, -0.15) is 0 Å². The number of hydrogen-bond acceptors (Lipinski definition) is 4. The first-order chi connectivity index (χ1) is 14.8. The molecular weight excluding hydrogens is 415 g/mol. The molecule has 31 heavy (non-hydrogen) atoms. The van der Waals surface area contributed by atoms with Crippen LogP contribution in [0.5, 0.6) is 5.75 Å². The Bertz CT molecular complexity index is 1360. The minimum absolute atomic E-state index is 0. The molecule has 7 heteroatoms. The molecule has 0 aliphatic carbocycles. The predicted molar refractivity (Wildman–Crippen MR) is 119 cm³/mol. The summed E-state index contributed by atoms with van der Waals surface area (Å²) in [5.41, 5.74) is 3.61. The molecule has 0 saturated heterocycles. The quantitative estimate of drug-likeness (QED) is 0.315. The third kappa shape index (κ3) is 4.62. The number of pyridine rings is 1. The molecule has 0 aliphatic heterocycles. The second-order valence-electron chi connectivity index (χ2n) is 6.80. The molecule has 0 fully saturated rings. The average molecular weight is 432 g/mol. The van der Waals surface area contributed by atoms with Gasteiger partial charge in [-0.05, 0) is 35.5 Å². The second-order valence-corrected chi connectivity index (χ2v) is 7.16. The first-order valence-electron chi connectivity index (χ1n) is 9.54. The Kier molecular flexibility index (Phi) is 6.63. The second kappa shape index (κ2) is 9.58. The van der Waals surface area contributed by atoms with Gasteiger partial charge in [-0.15, -0.1) is 0 Å². The number of benzene rings is 3. The summed E-state index contributed by atoms with van der Waals surface area (Å²) in [5.74, 6) is 1.40. The molecular formula is C24H17N4NaOS. The van der Waals surface area contributed by atoms with Crippen molar-refractivity contribution >= 4 is 23.1 Å². The van der Waals surface area contributed by atoms with E-state index in [4.69, 9.17) is 21.9 Å². The maximum atomic E-state index is 5.88. The van der Waals surface area contributed by atoms with Crippen LogP contribution in [-0.2, 0) is 6.61 Å². The van der Waals surface area contributed by atoms with Gasteiger partial charge < -0.3 is 14.4 Å². The topological polar surface area (TPSA) is 54.0 Å². The Morgan fingerprint density at radius 3 is 2.39 bits per heavy atom. The van der Waals surface area contributed by atoms with Crippen molar-refractivity contribution < 1.29 is 34.3 Å². The van der Waals surface area contributed by atoms with Gasteiger partial charge in [0.2, 0.25) is 0 Å². The fourth-order valence-corrected chi connectivity index (χ4v) is 3.52. The Morgan fingerprint density at radius 2 is 1.58 bits per heavy atom. The smallest absolute Gasteiger partial charge is 0.489 e. The molecule has 0 unspecified atom stereocenters. The monoisotopic (exact) mass is 432 g/mol. The van der Waals surface area contributed by atoms with E-state index in [9.17, 15) is 0 Å². The van der Waals surface area contributed by atoms with Gasteiger partial charge in [-0.25, -0.2) is 4.98 Å². The number of hydrogen-bond donors (Lipinski definition) is 0. The van der Waals surface area contributed by atoms with Crippen LogP contribution in [0.15, 0.2) is 91.0 Å². The molecule has 0 radical (unpaired) electrons. The minimum Gasteiger partial charge on any atom is -0.489 e. The first kappa shape index (κ1) is 21.5. The zero-order chi connectivity index (χ0) is 20.3. The van der Waals surface area contributed by atoms with Crippen LogP contribution in [0.1, 0.15) is 5.56 Å². The van der Waals surface area contributed by atoms with E-state index in [0.29, 0.717) is 17.2 Å². The largest absolute Gasteiger partial charge is 1.00 e. The molecule has 0 aliphatic rings. The maximum absolute atomic E-state index is 5.88. The molecule has 0 bridgehead atoms. The molecule has 2 heterocycles. The summed E-state index contributed by atoms with van der Waals surface area (Å²) in [7, 11) is 0. The van der Waals surface area contributed by atoms with E-state index in [0.717, 1.165) is 33.6 Å². The van der Waals surface area contributed by atoms with Crippen molar-refractivity contribution in [1.82, 2.24) is 19.7 Å². The average Bonchev–Trinajstić information content (AvgIpc) is 3.20. The van der Waals surface area contributed by atoms with Crippen LogP contribution in [-0.4, -0.2) is 14.6 Å². The third-order valence-electron chi connectivity index (χ3n) is 4.80. The standard InChI is InChI=1S/C24H18N4OS.Na/c30-24-27-26-23(22-15-10-18-8-4-5-9-21(18)25-22)28(24)19-11-13-20(14-12-19)29-16-17-6-2-1-3-7-17;/h1-15H,16H2,(H,25,27,30);/q;+1/p-1. The number of rotatable bonds is 5. The Labute approximate surface area is 207 Å². The van der Waals surface area contributed by atoms with Gasteiger partial charge >= 0.3 is 29.6 Å². The fourth-order valence-electron chi connectivity index (χ4n) is 3.29. The molecule has 2 aromatic heterocycles. The summed E-state index contributed by atoms with van der Waals surface area (Å²) in [4.78, 5) is 4.73. The summed E-state index contributed by atoms with van der Waals surface area (Å²) < 4.78 is 8.09. The molecule has 0 atom stereocenters. The number of fused-ring (bicyclic) bond motifs is 1. The van der Waals surface area contributed by atoms with Crippen molar-refractivity contribution in [1.29, 1.82) is 0 Å². The molecule has 0 saturated carbocycles. The Hall–Kier alpha value is -2.77. The SMILES string of the molecule is S=c1[n-]nc(-c2ccc3ccccc3n2)n1-c1ccc(OCc2ccccc2)cc1.[Na+]. The van der Waals surface area contributed by atoms with Gasteiger partial charge in [0, 0.05) is 10.2 Å². The van der Waals surface area contributed by atoms with Crippen LogP contribution in [0.4, 0.5) is 0 Å². The molecule has 5 rings (SSSR count). The zero-order valence-corrected chi connectivity index (χ0v) is 19.8. The molecule has 146 valence electrons. The number of aromatic nitrogens is 4.